The van der Waals surface area contributed by atoms with Crippen molar-refractivity contribution < 1.29 is 9.47 Å². The molecule has 0 heterocycles. The molecule has 98 valence electrons. The largest absolute Gasteiger partial charge is 0.490 e. The quantitative estimate of drug-likeness (QED) is 0.803. The zero-order valence-electron chi connectivity index (χ0n) is 10.6. The number of hydrogen-bond acceptors (Lipinski definition) is 3. The van der Waals surface area contributed by atoms with Crippen molar-refractivity contribution in [1.82, 2.24) is 0 Å². The highest BCUT2D eigenvalue weighted by Gasteiger charge is 2.19. The molecule has 1 aliphatic rings. The van der Waals surface area contributed by atoms with Gasteiger partial charge in [-0.3, -0.25) is 0 Å². The molecular weight excluding hydrogens is 246 g/mol. The summed E-state index contributed by atoms with van der Waals surface area (Å²) in [4.78, 5) is 0.376. The molecule has 1 aromatic carbocycles. The van der Waals surface area contributed by atoms with Crippen molar-refractivity contribution in [2.24, 2.45) is 11.7 Å². The van der Waals surface area contributed by atoms with Crippen LogP contribution in [0, 0.1) is 5.92 Å². The molecule has 0 atom stereocenters. The van der Waals surface area contributed by atoms with Crippen LogP contribution in [-0.4, -0.2) is 18.2 Å². The summed E-state index contributed by atoms with van der Waals surface area (Å²) in [5.41, 5.74) is 6.43. The molecule has 4 heteroatoms. The SMILES string of the molecule is CCOc1cc(C(N)=S)ccc1OCC1CCC1. The van der Waals surface area contributed by atoms with Gasteiger partial charge in [0.15, 0.2) is 11.5 Å². The van der Waals surface area contributed by atoms with Gasteiger partial charge in [0.2, 0.25) is 0 Å². The van der Waals surface area contributed by atoms with Gasteiger partial charge in [-0.25, -0.2) is 0 Å². The van der Waals surface area contributed by atoms with Crippen molar-refractivity contribution in [3.05, 3.63) is 23.8 Å². The Morgan fingerprint density at radius 1 is 1.33 bits per heavy atom. The molecule has 18 heavy (non-hydrogen) atoms. The van der Waals surface area contributed by atoms with Crippen LogP contribution >= 0.6 is 12.2 Å². The van der Waals surface area contributed by atoms with E-state index >= 15 is 0 Å². The second-order valence-electron chi connectivity index (χ2n) is 4.57. The van der Waals surface area contributed by atoms with E-state index in [1.54, 1.807) is 0 Å². The van der Waals surface area contributed by atoms with Gasteiger partial charge in [-0.05, 0) is 43.9 Å². The topological polar surface area (TPSA) is 44.5 Å². The highest BCUT2D eigenvalue weighted by Crippen LogP contribution is 2.32. The minimum atomic E-state index is 0.376. The molecule has 3 nitrogen and oxygen atoms in total. The maximum absolute atomic E-state index is 5.82. The Morgan fingerprint density at radius 2 is 2.11 bits per heavy atom. The van der Waals surface area contributed by atoms with Crippen molar-refractivity contribution in [3.63, 3.8) is 0 Å². The predicted octanol–water partition coefficient (Wildman–Crippen LogP) is 2.90. The van der Waals surface area contributed by atoms with Crippen molar-refractivity contribution in [3.8, 4) is 11.5 Å². The van der Waals surface area contributed by atoms with E-state index in [1.165, 1.54) is 19.3 Å². The average Bonchev–Trinajstić information content (AvgIpc) is 2.29. The van der Waals surface area contributed by atoms with E-state index in [0.29, 0.717) is 17.5 Å². The Labute approximate surface area is 113 Å². The van der Waals surface area contributed by atoms with E-state index in [-0.39, 0.29) is 0 Å². The van der Waals surface area contributed by atoms with Gasteiger partial charge in [0.05, 0.1) is 13.2 Å². The molecule has 1 aliphatic carbocycles. The van der Waals surface area contributed by atoms with E-state index in [2.05, 4.69) is 0 Å². The normalized spacial score (nSPS) is 14.9. The number of ether oxygens (including phenoxy) is 2. The Bertz CT molecular complexity index is 430. The van der Waals surface area contributed by atoms with Crippen LogP contribution in [0.25, 0.3) is 0 Å². The van der Waals surface area contributed by atoms with Crippen LogP contribution in [0.1, 0.15) is 31.7 Å². The van der Waals surface area contributed by atoms with E-state index in [1.807, 2.05) is 25.1 Å². The Kier molecular flexibility index (Phi) is 4.42. The molecule has 1 saturated carbocycles. The summed E-state index contributed by atoms with van der Waals surface area (Å²) in [6.45, 7) is 3.32. The molecule has 2 N–H and O–H groups in total. The highest BCUT2D eigenvalue weighted by atomic mass is 32.1. The second kappa shape index (κ2) is 6.05. The fourth-order valence-corrected chi connectivity index (χ4v) is 2.04. The maximum Gasteiger partial charge on any atom is 0.161 e. The van der Waals surface area contributed by atoms with Crippen LogP contribution in [-0.2, 0) is 0 Å². The van der Waals surface area contributed by atoms with Crippen LogP contribution in [0.5, 0.6) is 11.5 Å². The summed E-state index contributed by atoms with van der Waals surface area (Å²) >= 11 is 4.96. The van der Waals surface area contributed by atoms with Crippen molar-refractivity contribution in [2.75, 3.05) is 13.2 Å². The van der Waals surface area contributed by atoms with E-state index in [0.717, 1.165) is 23.7 Å². The first-order chi connectivity index (χ1) is 8.70. The lowest BCUT2D eigenvalue weighted by molar-refractivity contribution is 0.174. The molecule has 1 aromatic rings. The summed E-state index contributed by atoms with van der Waals surface area (Å²) < 4.78 is 11.4. The second-order valence-corrected chi connectivity index (χ2v) is 5.01. The number of rotatable bonds is 6. The first-order valence-corrected chi connectivity index (χ1v) is 6.81. The fourth-order valence-electron chi connectivity index (χ4n) is 1.92. The van der Waals surface area contributed by atoms with Crippen LogP contribution in [0.15, 0.2) is 18.2 Å². The summed E-state index contributed by atoms with van der Waals surface area (Å²) in [5.74, 6) is 2.21. The van der Waals surface area contributed by atoms with Gasteiger partial charge in [0.25, 0.3) is 0 Å². The molecule has 0 unspecified atom stereocenters. The molecule has 0 aromatic heterocycles. The van der Waals surface area contributed by atoms with E-state index in [9.17, 15) is 0 Å². The van der Waals surface area contributed by atoms with Gasteiger partial charge in [0.1, 0.15) is 4.99 Å². The molecule has 2 rings (SSSR count). The van der Waals surface area contributed by atoms with Gasteiger partial charge in [-0.1, -0.05) is 18.6 Å². The smallest absolute Gasteiger partial charge is 0.161 e. The minimum absolute atomic E-state index is 0.376. The maximum atomic E-state index is 5.82. The van der Waals surface area contributed by atoms with Crippen LogP contribution in [0.4, 0.5) is 0 Å². The third-order valence-corrected chi connectivity index (χ3v) is 3.46. The lowest BCUT2D eigenvalue weighted by Gasteiger charge is -2.25. The molecule has 0 aliphatic heterocycles. The molecular formula is C14H19NO2S. The zero-order chi connectivity index (χ0) is 13.0. The lowest BCUT2D eigenvalue weighted by atomic mass is 9.86. The third-order valence-electron chi connectivity index (χ3n) is 3.23. The molecule has 0 amide bonds. The molecule has 1 fully saturated rings. The van der Waals surface area contributed by atoms with Crippen LogP contribution < -0.4 is 15.2 Å². The first-order valence-electron chi connectivity index (χ1n) is 6.40. The van der Waals surface area contributed by atoms with Crippen molar-refractivity contribution >= 4 is 17.2 Å². The number of hydrogen-bond donors (Lipinski definition) is 1. The number of nitrogens with two attached hydrogens (primary N) is 1. The standard InChI is InChI=1S/C14H19NO2S/c1-2-16-13-8-11(14(15)18)6-7-12(13)17-9-10-4-3-5-10/h6-8,10H,2-5,9H2,1H3,(H2,15,18). The zero-order valence-corrected chi connectivity index (χ0v) is 11.5. The van der Waals surface area contributed by atoms with Gasteiger partial charge < -0.3 is 15.2 Å². The van der Waals surface area contributed by atoms with E-state index < -0.39 is 0 Å². The Balaban J connectivity index is 2.08. The predicted molar refractivity (Wildman–Crippen MR) is 76.3 cm³/mol. The van der Waals surface area contributed by atoms with Gasteiger partial charge >= 0.3 is 0 Å². The van der Waals surface area contributed by atoms with Gasteiger partial charge in [-0.2, -0.15) is 0 Å². The summed E-state index contributed by atoms with van der Waals surface area (Å²) in [6.07, 6.45) is 3.87. The first kappa shape index (κ1) is 13.1. The summed E-state index contributed by atoms with van der Waals surface area (Å²) in [5, 5.41) is 0. The third kappa shape index (κ3) is 3.13. The molecule has 0 saturated heterocycles. The molecule has 0 radical (unpaired) electrons. The summed E-state index contributed by atoms with van der Waals surface area (Å²) in [7, 11) is 0. The van der Waals surface area contributed by atoms with E-state index in [4.69, 9.17) is 27.4 Å². The molecule has 0 spiro atoms. The van der Waals surface area contributed by atoms with Crippen molar-refractivity contribution in [2.45, 2.75) is 26.2 Å². The Morgan fingerprint density at radius 3 is 2.67 bits per heavy atom. The molecule has 0 bridgehead atoms. The van der Waals surface area contributed by atoms with Crippen LogP contribution in [0.2, 0.25) is 0 Å². The van der Waals surface area contributed by atoms with Gasteiger partial charge in [0, 0.05) is 5.56 Å². The number of benzene rings is 1. The van der Waals surface area contributed by atoms with Crippen molar-refractivity contribution in [1.29, 1.82) is 0 Å². The minimum Gasteiger partial charge on any atom is -0.490 e. The Hall–Kier alpha value is -1.29. The fraction of sp³-hybridized carbons (Fsp3) is 0.500. The monoisotopic (exact) mass is 265 g/mol. The van der Waals surface area contributed by atoms with Gasteiger partial charge in [-0.15, -0.1) is 0 Å². The number of thiocarbonyl (C=S) groups is 1. The summed E-state index contributed by atoms with van der Waals surface area (Å²) in [6, 6.07) is 5.61. The average molecular weight is 265 g/mol. The van der Waals surface area contributed by atoms with Crippen LogP contribution in [0.3, 0.4) is 0 Å². The highest BCUT2D eigenvalue weighted by molar-refractivity contribution is 7.80. The lowest BCUT2D eigenvalue weighted by Crippen LogP contribution is -2.19.